The second-order valence-electron chi connectivity index (χ2n) is 8.63. The maximum atomic E-state index is 12.9. The van der Waals surface area contributed by atoms with Crippen LogP contribution in [-0.4, -0.2) is 30.6 Å². The first-order valence-corrected chi connectivity index (χ1v) is 11.1. The summed E-state index contributed by atoms with van der Waals surface area (Å²) in [5.41, 5.74) is 3.39. The predicted octanol–water partition coefficient (Wildman–Crippen LogP) is 3.29. The van der Waals surface area contributed by atoms with Crippen molar-refractivity contribution in [2.24, 2.45) is 0 Å². The lowest BCUT2D eigenvalue weighted by molar-refractivity contribution is -0.973. The zero-order chi connectivity index (χ0) is 20.2. The second-order valence-corrected chi connectivity index (χ2v) is 8.63. The summed E-state index contributed by atoms with van der Waals surface area (Å²) in [6.45, 7) is 5.75. The lowest BCUT2D eigenvalue weighted by atomic mass is 9.81. The molecule has 2 unspecified atom stereocenters. The molecule has 2 bridgehead atoms. The highest BCUT2D eigenvalue weighted by molar-refractivity contribution is 5.97. The third kappa shape index (κ3) is 4.64. The van der Waals surface area contributed by atoms with Gasteiger partial charge in [0.2, 0.25) is 0 Å². The molecule has 2 aromatic rings. The van der Waals surface area contributed by atoms with E-state index in [1.165, 1.54) is 30.4 Å². The van der Waals surface area contributed by atoms with E-state index in [4.69, 9.17) is 4.74 Å². The highest BCUT2D eigenvalue weighted by Gasteiger charge is 2.42. The van der Waals surface area contributed by atoms with E-state index in [0.717, 1.165) is 19.4 Å². The number of para-hydroxylation sites is 1. The number of ether oxygens (including phenoxy) is 1. The topological polar surface area (TPSA) is 42.8 Å². The fraction of sp³-hybridized carbons (Fsp3) is 0.480. The summed E-state index contributed by atoms with van der Waals surface area (Å²) in [6.07, 6.45) is 5.99. The highest BCUT2D eigenvalue weighted by atomic mass is 16.5. The van der Waals surface area contributed by atoms with Gasteiger partial charge in [-0.2, -0.15) is 0 Å². The zero-order valence-corrected chi connectivity index (χ0v) is 17.6. The van der Waals surface area contributed by atoms with E-state index in [-0.39, 0.29) is 11.9 Å². The maximum absolute atomic E-state index is 12.9. The lowest BCUT2D eigenvalue weighted by Gasteiger charge is -2.46. The number of hydrogen-bond donors (Lipinski definition) is 2. The van der Waals surface area contributed by atoms with Crippen molar-refractivity contribution in [2.75, 3.05) is 6.61 Å². The van der Waals surface area contributed by atoms with E-state index >= 15 is 0 Å². The molecule has 2 aliphatic heterocycles. The van der Waals surface area contributed by atoms with Crippen LogP contribution in [0.4, 0.5) is 0 Å². The maximum Gasteiger partial charge on any atom is 0.255 e. The lowest BCUT2D eigenvalue weighted by Crippen LogP contribution is -3.20. The summed E-state index contributed by atoms with van der Waals surface area (Å²) < 4.78 is 5.65. The van der Waals surface area contributed by atoms with E-state index in [1.54, 1.807) is 4.90 Å². The van der Waals surface area contributed by atoms with Crippen LogP contribution in [0.15, 0.2) is 48.5 Å². The summed E-state index contributed by atoms with van der Waals surface area (Å²) in [5.74, 6) is 0.675. The summed E-state index contributed by atoms with van der Waals surface area (Å²) in [7, 11) is 0. The Labute approximate surface area is 174 Å². The van der Waals surface area contributed by atoms with Crippen molar-refractivity contribution in [3.8, 4) is 5.75 Å². The van der Waals surface area contributed by atoms with E-state index in [2.05, 4.69) is 36.5 Å². The molecule has 1 amide bonds. The Morgan fingerprint density at radius 1 is 1.07 bits per heavy atom. The minimum atomic E-state index is -0.000826. The molecule has 4 atom stereocenters. The van der Waals surface area contributed by atoms with Crippen molar-refractivity contribution < 1.29 is 14.4 Å². The number of hydrogen-bond acceptors (Lipinski definition) is 2. The van der Waals surface area contributed by atoms with Crippen LogP contribution in [0.3, 0.4) is 0 Å². The third-order valence-corrected chi connectivity index (χ3v) is 6.59. The number of benzene rings is 2. The van der Waals surface area contributed by atoms with Gasteiger partial charge in [-0.1, -0.05) is 42.0 Å². The first-order chi connectivity index (χ1) is 14.1. The van der Waals surface area contributed by atoms with Crippen LogP contribution >= 0.6 is 0 Å². The third-order valence-electron chi connectivity index (χ3n) is 6.59. The molecule has 0 radical (unpaired) electrons. The van der Waals surface area contributed by atoms with Crippen LogP contribution in [0, 0.1) is 6.92 Å². The van der Waals surface area contributed by atoms with Crippen molar-refractivity contribution in [1.82, 2.24) is 5.32 Å². The zero-order valence-electron chi connectivity index (χ0n) is 17.6. The Morgan fingerprint density at radius 3 is 2.45 bits per heavy atom. The van der Waals surface area contributed by atoms with E-state index in [1.807, 2.05) is 31.2 Å². The van der Waals surface area contributed by atoms with Crippen molar-refractivity contribution in [3.05, 3.63) is 65.2 Å². The van der Waals surface area contributed by atoms with Gasteiger partial charge in [0.05, 0.1) is 24.3 Å². The molecule has 2 fully saturated rings. The second kappa shape index (κ2) is 9.00. The predicted molar refractivity (Wildman–Crippen MR) is 115 cm³/mol. The van der Waals surface area contributed by atoms with Gasteiger partial charge in [-0.3, -0.25) is 4.79 Å². The molecule has 0 aromatic heterocycles. The molecule has 0 spiro atoms. The number of amides is 1. The van der Waals surface area contributed by atoms with Crippen molar-refractivity contribution >= 4 is 5.91 Å². The summed E-state index contributed by atoms with van der Waals surface area (Å²) >= 11 is 0. The Kier molecular flexibility index (Phi) is 6.19. The van der Waals surface area contributed by atoms with Crippen molar-refractivity contribution in [3.63, 3.8) is 0 Å². The number of rotatable bonds is 6. The largest absolute Gasteiger partial charge is 0.493 e. The first kappa shape index (κ1) is 20.0. The molecule has 2 aliphatic rings. The first-order valence-electron chi connectivity index (χ1n) is 11.1. The number of aryl methyl sites for hydroxylation is 1. The average molecular weight is 394 g/mol. The quantitative estimate of drug-likeness (QED) is 0.791. The van der Waals surface area contributed by atoms with Gasteiger partial charge in [0, 0.05) is 24.4 Å². The molecule has 154 valence electrons. The Hall–Kier alpha value is -2.33. The van der Waals surface area contributed by atoms with Crippen LogP contribution in [-0.2, 0) is 6.54 Å². The van der Waals surface area contributed by atoms with Gasteiger partial charge >= 0.3 is 0 Å². The Morgan fingerprint density at radius 2 is 1.76 bits per heavy atom. The molecule has 4 nitrogen and oxygen atoms in total. The molecule has 4 heteroatoms. The van der Waals surface area contributed by atoms with Crippen molar-refractivity contribution in [1.29, 1.82) is 0 Å². The van der Waals surface area contributed by atoms with Crippen LogP contribution in [0.25, 0.3) is 0 Å². The monoisotopic (exact) mass is 393 g/mol. The fourth-order valence-electron chi connectivity index (χ4n) is 5.18. The van der Waals surface area contributed by atoms with Crippen LogP contribution in [0.5, 0.6) is 5.75 Å². The van der Waals surface area contributed by atoms with Gasteiger partial charge in [-0.05, 0) is 45.2 Å². The van der Waals surface area contributed by atoms with E-state index in [9.17, 15) is 4.79 Å². The molecule has 2 aromatic carbocycles. The summed E-state index contributed by atoms with van der Waals surface area (Å²) in [6, 6.07) is 18.1. The van der Waals surface area contributed by atoms with E-state index in [0.29, 0.717) is 30.0 Å². The molecule has 2 saturated heterocycles. The van der Waals surface area contributed by atoms with E-state index < -0.39 is 0 Å². The van der Waals surface area contributed by atoms with Crippen molar-refractivity contribution in [2.45, 2.75) is 70.6 Å². The molecule has 2 N–H and O–H groups in total. The number of carbonyl (C=O) groups is 1. The minimum Gasteiger partial charge on any atom is -0.493 e. The number of piperidine rings is 2. The fourth-order valence-corrected chi connectivity index (χ4v) is 5.18. The Balaban J connectivity index is 1.42. The SMILES string of the molecule is CCOc1ccccc1C(=O)NC1C[C@H]2CCC[C@@H](C1)[NH+]2Cc1ccc(C)cc1. The molecule has 2 heterocycles. The Bertz CT molecular complexity index is 819. The number of nitrogens with one attached hydrogen (secondary N) is 2. The number of carbonyl (C=O) groups excluding carboxylic acids is 1. The van der Waals surface area contributed by atoms with Gasteiger partial charge in [0.15, 0.2) is 0 Å². The molecule has 0 aliphatic carbocycles. The molecule has 4 rings (SSSR count). The number of quaternary nitrogens is 1. The van der Waals surface area contributed by atoms with Crippen LogP contribution in [0.1, 0.15) is 60.5 Å². The summed E-state index contributed by atoms with van der Waals surface area (Å²) in [4.78, 5) is 14.7. The minimum absolute atomic E-state index is 0.000826. The van der Waals surface area contributed by atoms with Gasteiger partial charge in [0.1, 0.15) is 12.3 Å². The van der Waals surface area contributed by atoms with Gasteiger partial charge in [0.25, 0.3) is 5.91 Å². The van der Waals surface area contributed by atoms with Crippen LogP contribution < -0.4 is 15.0 Å². The van der Waals surface area contributed by atoms with Gasteiger partial charge in [-0.25, -0.2) is 0 Å². The summed E-state index contributed by atoms with van der Waals surface area (Å²) in [5, 5.41) is 3.32. The molecule has 29 heavy (non-hydrogen) atoms. The highest BCUT2D eigenvalue weighted by Crippen LogP contribution is 2.24. The standard InChI is InChI=1S/C25H32N2O2/c1-3-29-24-10-5-4-9-23(24)25(28)26-20-15-21-7-6-8-22(16-20)27(21)17-19-13-11-18(2)12-14-19/h4-5,9-14,20-22H,3,6-8,15-17H2,1-2H3,(H,26,28)/p+1/t20?,21-,22+. The number of fused-ring (bicyclic) bond motifs is 2. The normalized spacial score (nSPS) is 26.0. The molecule has 0 saturated carbocycles. The molecular weight excluding hydrogens is 360 g/mol. The smallest absolute Gasteiger partial charge is 0.255 e. The van der Waals surface area contributed by atoms with Crippen LogP contribution in [0.2, 0.25) is 0 Å². The molecular formula is C25H33N2O2+. The average Bonchev–Trinajstić information content (AvgIpc) is 2.71. The van der Waals surface area contributed by atoms with Gasteiger partial charge < -0.3 is 15.0 Å². The van der Waals surface area contributed by atoms with Gasteiger partial charge in [-0.15, -0.1) is 0 Å².